The van der Waals surface area contributed by atoms with Gasteiger partial charge in [-0.3, -0.25) is 0 Å². The van der Waals surface area contributed by atoms with Crippen molar-refractivity contribution in [2.24, 2.45) is 23.7 Å². The zero-order valence-corrected chi connectivity index (χ0v) is 28.6. The molecule has 4 aliphatic carbocycles. The molecular formula is C37H80. The Hall–Kier alpha value is 0. The van der Waals surface area contributed by atoms with Crippen LogP contribution in [0.1, 0.15) is 217 Å². The van der Waals surface area contributed by atoms with Crippen molar-refractivity contribution >= 4 is 0 Å². The molecule has 0 nitrogen and oxygen atoms in total. The SMILES string of the molecule is C1CC1.CC.CC.CC.CC.CC1CCCC(C2CCCCCCC2)CCC1.CC1CCCCCCC1. The second-order valence-electron chi connectivity index (χ2n) is 11.3. The molecule has 4 fully saturated rings. The molecule has 4 saturated carbocycles. The summed E-state index contributed by atoms with van der Waals surface area (Å²) in [5, 5.41) is 0. The molecule has 37 heavy (non-hydrogen) atoms. The normalized spacial score (nSPS) is 24.5. The Morgan fingerprint density at radius 1 is 0.243 bits per heavy atom. The van der Waals surface area contributed by atoms with Gasteiger partial charge in [-0.15, -0.1) is 0 Å². The second-order valence-corrected chi connectivity index (χ2v) is 11.3. The third-order valence-electron chi connectivity index (χ3n) is 8.11. The van der Waals surface area contributed by atoms with Crippen LogP contribution in [0.15, 0.2) is 0 Å². The molecule has 0 aromatic rings. The van der Waals surface area contributed by atoms with Crippen LogP contribution in [0.5, 0.6) is 0 Å². The summed E-state index contributed by atoms with van der Waals surface area (Å²) in [4.78, 5) is 0. The maximum Gasteiger partial charge on any atom is -0.0386 e. The molecule has 0 atom stereocenters. The summed E-state index contributed by atoms with van der Waals surface area (Å²) in [5.74, 6) is 4.22. The van der Waals surface area contributed by atoms with E-state index in [-0.39, 0.29) is 0 Å². The van der Waals surface area contributed by atoms with E-state index in [1.165, 1.54) is 122 Å². The molecule has 228 valence electrons. The first kappa shape index (κ1) is 41.5. The van der Waals surface area contributed by atoms with Crippen molar-refractivity contribution in [3.63, 3.8) is 0 Å². The Morgan fingerprint density at radius 3 is 0.730 bits per heavy atom. The first-order valence-corrected chi connectivity index (χ1v) is 18.3. The first-order chi connectivity index (χ1) is 18.3. The fraction of sp³-hybridized carbons (Fsp3) is 1.00. The van der Waals surface area contributed by atoms with E-state index < -0.39 is 0 Å². The molecule has 0 bridgehead atoms. The summed E-state index contributed by atoms with van der Waals surface area (Å²) in [6.45, 7) is 20.8. The summed E-state index contributed by atoms with van der Waals surface area (Å²) in [5.41, 5.74) is 0. The number of rotatable bonds is 1. The van der Waals surface area contributed by atoms with E-state index in [9.17, 15) is 0 Å². The largest absolute Gasteiger partial charge is 0.0683 e. The fourth-order valence-corrected chi connectivity index (χ4v) is 5.84. The van der Waals surface area contributed by atoms with Crippen molar-refractivity contribution in [1.29, 1.82) is 0 Å². The maximum absolute atomic E-state index is 2.45. The Balaban J connectivity index is -0.000000484. The first-order valence-electron chi connectivity index (χ1n) is 18.3. The van der Waals surface area contributed by atoms with Crippen molar-refractivity contribution in [3.8, 4) is 0 Å². The fourth-order valence-electron chi connectivity index (χ4n) is 5.84. The van der Waals surface area contributed by atoms with E-state index >= 15 is 0 Å². The van der Waals surface area contributed by atoms with Gasteiger partial charge < -0.3 is 0 Å². The van der Waals surface area contributed by atoms with Crippen molar-refractivity contribution in [2.45, 2.75) is 217 Å². The zero-order chi connectivity index (χ0) is 28.6. The monoisotopic (exact) mass is 525 g/mol. The van der Waals surface area contributed by atoms with Gasteiger partial charge in [-0.2, -0.15) is 0 Å². The average molecular weight is 525 g/mol. The Bertz CT molecular complexity index is 328. The topological polar surface area (TPSA) is 0 Å². The van der Waals surface area contributed by atoms with Crippen LogP contribution in [0.2, 0.25) is 0 Å². The van der Waals surface area contributed by atoms with E-state index in [4.69, 9.17) is 0 Å². The van der Waals surface area contributed by atoms with Crippen molar-refractivity contribution in [2.75, 3.05) is 0 Å². The van der Waals surface area contributed by atoms with Gasteiger partial charge in [0.05, 0.1) is 0 Å². The molecule has 0 unspecified atom stereocenters. The summed E-state index contributed by atoms with van der Waals surface area (Å²) in [6, 6.07) is 0. The van der Waals surface area contributed by atoms with Gasteiger partial charge >= 0.3 is 0 Å². The molecule has 0 aromatic heterocycles. The van der Waals surface area contributed by atoms with Gasteiger partial charge in [-0.25, -0.2) is 0 Å². The molecule has 0 saturated heterocycles. The van der Waals surface area contributed by atoms with Gasteiger partial charge in [-0.05, 0) is 23.7 Å². The van der Waals surface area contributed by atoms with E-state index in [2.05, 4.69) is 13.8 Å². The third kappa shape index (κ3) is 30.4. The summed E-state index contributed by atoms with van der Waals surface area (Å²) >= 11 is 0. The number of hydrogen-bond donors (Lipinski definition) is 0. The second kappa shape index (κ2) is 36.0. The van der Waals surface area contributed by atoms with Crippen LogP contribution in [0, 0.1) is 23.7 Å². The van der Waals surface area contributed by atoms with E-state index in [1.807, 2.05) is 55.4 Å². The highest BCUT2D eigenvalue weighted by Gasteiger charge is 2.23. The highest BCUT2D eigenvalue weighted by atomic mass is 14.3. The van der Waals surface area contributed by atoms with E-state index in [1.54, 1.807) is 25.7 Å². The van der Waals surface area contributed by atoms with Crippen LogP contribution >= 0.6 is 0 Å². The summed E-state index contributed by atoms with van der Waals surface area (Å²) < 4.78 is 0. The van der Waals surface area contributed by atoms with E-state index in [0.29, 0.717) is 0 Å². The molecule has 4 rings (SSSR count). The molecule has 0 heteroatoms. The summed E-state index contributed by atoms with van der Waals surface area (Å²) in [6.07, 6.45) is 34.8. The minimum atomic E-state index is 1.01. The third-order valence-corrected chi connectivity index (χ3v) is 8.11. The van der Waals surface area contributed by atoms with Crippen molar-refractivity contribution in [3.05, 3.63) is 0 Å². The molecule has 0 radical (unpaired) electrons. The molecule has 0 spiro atoms. The molecule has 0 amide bonds. The molecular weight excluding hydrogens is 444 g/mol. The van der Waals surface area contributed by atoms with Crippen LogP contribution < -0.4 is 0 Å². The van der Waals surface area contributed by atoms with Crippen LogP contribution in [0.4, 0.5) is 0 Å². The van der Waals surface area contributed by atoms with Crippen LogP contribution in [0.25, 0.3) is 0 Å². The van der Waals surface area contributed by atoms with Gasteiger partial charge in [0.1, 0.15) is 0 Å². The minimum Gasteiger partial charge on any atom is -0.0683 e. The lowest BCUT2D eigenvalue weighted by atomic mass is 9.75. The lowest BCUT2D eigenvalue weighted by molar-refractivity contribution is 0.210. The molecule has 0 aliphatic heterocycles. The standard InChI is InChI=1S/C17H32.C9H18.C3H6.4C2H6/c1-15-9-7-13-17(14-8-10-15)16-11-5-3-2-4-6-12-16;1-9-7-5-3-2-4-6-8-9;1-2-3-1;4*1-2/h15-17H,2-14H2,1H3;9H,2-8H2,1H3;1-3H2;4*1-2H3. The van der Waals surface area contributed by atoms with Gasteiger partial charge in [0.25, 0.3) is 0 Å². The van der Waals surface area contributed by atoms with Gasteiger partial charge in [-0.1, -0.05) is 217 Å². The van der Waals surface area contributed by atoms with Crippen LogP contribution in [-0.2, 0) is 0 Å². The highest BCUT2D eigenvalue weighted by molar-refractivity contribution is 4.75. The quantitative estimate of drug-likeness (QED) is 0.320. The molecule has 0 N–H and O–H groups in total. The zero-order valence-electron chi connectivity index (χ0n) is 28.6. The van der Waals surface area contributed by atoms with E-state index in [0.717, 1.165) is 23.7 Å². The Kier molecular flexibility index (Phi) is 40.4. The maximum atomic E-state index is 2.45. The Labute approximate surface area is 240 Å². The molecule has 0 heterocycles. The predicted molar refractivity (Wildman–Crippen MR) is 177 cm³/mol. The average Bonchev–Trinajstić information content (AvgIpc) is 3.79. The van der Waals surface area contributed by atoms with Gasteiger partial charge in [0.15, 0.2) is 0 Å². The molecule has 4 aliphatic rings. The Morgan fingerprint density at radius 2 is 0.432 bits per heavy atom. The van der Waals surface area contributed by atoms with Crippen LogP contribution in [0.3, 0.4) is 0 Å². The smallest absolute Gasteiger partial charge is 0.0386 e. The van der Waals surface area contributed by atoms with Gasteiger partial charge in [0.2, 0.25) is 0 Å². The number of hydrogen-bond acceptors (Lipinski definition) is 0. The van der Waals surface area contributed by atoms with Crippen molar-refractivity contribution < 1.29 is 0 Å². The highest BCUT2D eigenvalue weighted by Crippen LogP contribution is 2.36. The predicted octanol–water partition coefficient (Wildman–Crippen LogP) is 14.6. The summed E-state index contributed by atoms with van der Waals surface area (Å²) in [7, 11) is 0. The lowest BCUT2D eigenvalue weighted by Crippen LogP contribution is -2.18. The molecule has 0 aromatic carbocycles. The lowest BCUT2D eigenvalue weighted by Gasteiger charge is -2.31. The van der Waals surface area contributed by atoms with Crippen LogP contribution in [-0.4, -0.2) is 0 Å². The minimum absolute atomic E-state index is 1.01. The van der Waals surface area contributed by atoms with Gasteiger partial charge in [0, 0.05) is 0 Å². The van der Waals surface area contributed by atoms with Crippen molar-refractivity contribution in [1.82, 2.24) is 0 Å².